The lowest BCUT2D eigenvalue weighted by atomic mass is 9.99. The van der Waals surface area contributed by atoms with Crippen LogP contribution in [0.4, 0.5) is 0 Å². The normalized spacial score (nSPS) is 11.7. The molecule has 6 rings (SSSR count). The second-order valence-corrected chi connectivity index (χ2v) is 11.6. The van der Waals surface area contributed by atoms with Crippen molar-refractivity contribution in [1.29, 1.82) is 0 Å². The first kappa shape index (κ1) is 27.6. The van der Waals surface area contributed by atoms with E-state index < -0.39 is 0 Å². The van der Waals surface area contributed by atoms with Crippen molar-refractivity contribution in [1.82, 2.24) is 30.0 Å². The summed E-state index contributed by atoms with van der Waals surface area (Å²) in [5, 5.41) is 15.7. The van der Waals surface area contributed by atoms with E-state index in [9.17, 15) is 4.79 Å². The van der Waals surface area contributed by atoms with Crippen molar-refractivity contribution in [3.05, 3.63) is 142 Å². The maximum atomic E-state index is 13.3. The van der Waals surface area contributed by atoms with Crippen molar-refractivity contribution in [2.45, 2.75) is 30.3 Å². The van der Waals surface area contributed by atoms with Gasteiger partial charge in [-0.2, -0.15) is 0 Å². The quantitative estimate of drug-likeness (QED) is 0.172. The number of aryl methyl sites for hydroxylation is 1. The van der Waals surface area contributed by atoms with E-state index >= 15 is 0 Å². The molecule has 1 amide bonds. The van der Waals surface area contributed by atoms with Crippen molar-refractivity contribution < 1.29 is 4.79 Å². The van der Waals surface area contributed by atoms with Crippen LogP contribution < -0.4 is 5.32 Å². The standard InChI is InChI=1S/C33H28N6OS2/c1-23-11-8-9-17-29(23)39-31(26-16-10-18-34-20-26)37-38-33(39)42-22-30-35-28(21-41-30)32(40)36-27(25-14-6-3-7-15-25)19-24-12-4-2-5-13-24/h2-18,20-21,27H,19,22H2,1H3,(H,36,40). The largest absolute Gasteiger partial charge is 0.344 e. The van der Waals surface area contributed by atoms with Gasteiger partial charge in [-0.1, -0.05) is 90.6 Å². The Hall–Kier alpha value is -4.60. The predicted octanol–water partition coefficient (Wildman–Crippen LogP) is 7.10. The number of rotatable bonds is 10. The second-order valence-electron chi connectivity index (χ2n) is 9.71. The Kier molecular flexibility index (Phi) is 8.48. The summed E-state index contributed by atoms with van der Waals surface area (Å²) in [6, 6.07) is 32.1. The molecule has 6 aromatic rings. The zero-order valence-corrected chi connectivity index (χ0v) is 24.6. The van der Waals surface area contributed by atoms with Crippen molar-refractivity contribution in [2.24, 2.45) is 0 Å². The van der Waals surface area contributed by atoms with Gasteiger partial charge in [-0.15, -0.1) is 21.5 Å². The lowest BCUT2D eigenvalue weighted by Gasteiger charge is -2.19. The molecular weight excluding hydrogens is 561 g/mol. The van der Waals surface area contributed by atoms with E-state index in [2.05, 4.69) is 61.2 Å². The summed E-state index contributed by atoms with van der Waals surface area (Å²) in [4.78, 5) is 22.3. The van der Waals surface area contributed by atoms with Gasteiger partial charge in [0.05, 0.1) is 17.5 Å². The number of nitrogens with zero attached hydrogens (tertiary/aromatic N) is 5. The van der Waals surface area contributed by atoms with Crippen LogP contribution in [0.3, 0.4) is 0 Å². The third-order valence-electron chi connectivity index (χ3n) is 6.81. The molecular formula is C33H28N6OS2. The smallest absolute Gasteiger partial charge is 0.271 e. The fraction of sp³-hybridized carbons (Fsp3) is 0.121. The highest BCUT2D eigenvalue weighted by Gasteiger charge is 2.21. The van der Waals surface area contributed by atoms with Gasteiger partial charge in [-0.25, -0.2) is 4.98 Å². The average molecular weight is 589 g/mol. The summed E-state index contributed by atoms with van der Waals surface area (Å²) in [5.41, 5.74) is 5.64. The number of hydrogen-bond donors (Lipinski definition) is 1. The molecule has 0 aliphatic rings. The molecule has 0 aliphatic heterocycles. The Labute approximate surface area is 252 Å². The van der Waals surface area contributed by atoms with Gasteiger partial charge in [0.1, 0.15) is 10.7 Å². The van der Waals surface area contributed by atoms with Crippen molar-refractivity contribution in [3.63, 3.8) is 0 Å². The lowest BCUT2D eigenvalue weighted by molar-refractivity contribution is 0.0932. The molecule has 0 saturated heterocycles. The lowest BCUT2D eigenvalue weighted by Crippen LogP contribution is -2.30. The number of benzene rings is 3. The molecule has 9 heteroatoms. The summed E-state index contributed by atoms with van der Waals surface area (Å²) in [5.74, 6) is 1.10. The fourth-order valence-corrected chi connectivity index (χ4v) is 6.44. The first-order valence-electron chi connectivity index (χ1n) is 13.5. The third-order valence-corrected chi connectivity index (χ3v) is 8.78. The Bertz CT molecular complexity index is 1770. The number of carbonyl (C=O) groups excluding carboxylic acids is 1. The molecule has 0 fully saturated rings. The number of carbonyl (C=O) groups is 1. The first-order valence-corrected chi connectivity index (χ1v) is 15.4. The van der Waals surface area contributed by atoms with Gasteiger partial charge in [0, 0.05) is 23.3 Å². The summed E-state index contributed by atoms with van der Waals surface area (Å²) in [6.07, 6.45) is 4.23. The Balaban J connectivity index is 1.20. The number of amides is 1. The molecule has 3 aromatic heterocycles. The highest BCUT2D eigenvalue weighted by atomic mass is 32.2. The average Bonchev–Trinajstić information content (AvgIpc) is 3.69. The molecule has 0 saturated carbocycles. The maximum absolute atomic E-state index is 13.3. The number of aromatic nitrogens is 5. The van der Waals surface area contributed by atoms with E-state index in [0.29, 0.717) is 17.9 Å². The van der Waals surface area contributed by atoms with Crippen LogP contribution in [0.1, 0.15) is 38.2 Å². The highest BCUT2D eigenvalue weighted by molar-refractivity contribution is 7.98. The SMILES string of the molecule is Cc1ccccc1-n1c(SCc2nc(C(=O)NC(Cc3ccccc3)c3ccccc3)cs2)nnc1-c1cccnc1. The van der Waals surface area contributed by atoms with Crippen LogP contribution in [0.5, 0.6) is 0 Å². The molecule has 0 aliphatic carbocycles. The Morgan fingerprint density at radius 3 is 2.45 bits per heavy atom. The van der Waals surface area contributed by atoms with E-state index in [1.54, 1.807) is 24.2 Å². The van der Waals surface area contributed by atoms with Gasteiger partial charge < -0.3 is 5.32 Å². The summed E-state index contributed by atoms with van der Waals surface area (Å²) < 4.78 is 2.06. The van der Waals surface area contributed by atoms with E-state index in [1.165, 1.54) is 11.3 Å². The summed E-state index contributed by atoms with van der Waals surface area (Å²) in [6.45, 7) is 2.07. The molecule has 3 heterocycles. The fourth-order valence-electron chi connectivity index (χ4n) is 4.70. The molecule has 1 N–H and O–H groups in total. The zero-order valence-electron chi connectivity index (χ0n) is 22.9. The van der Waals surface area contributed by atoms with Crippen LogP contribution in [-0.2, 0) is 12.2 Å². The van der Waals surface area contributed by atoms with Crippen molar-refractivity contribution in [2.75, 3.05) is 0 Å². The topological polar surface area (TPSA) is 85.6 Å². The minimum Gasteiger partial charge on any atom is -0.344 e. The van der Waals surface area contributed by atoms with Gasteiger partial charge in [0.25, 0.3) is 5.91 Å². The van der Waals surface area contributed by atoms with E-state index in [4.69, 9.17) is 0 Å². The number of thioether (sulfide) groups is 1. The summed E-state index contributed by atoms with van der Waals surface area (Å²) in [7, 11) is 0. The van der Waals surface area contributed by atoms with Gasteiger partial charge >= 0.3 is 0 Å². The van der Waals surface area contributed by atoms with Crippen LogP contribution >= 0.6 is 23.1 Å². The minimum atomic E-state index is -0.186. The van der Waals surface area contributed by atoms with Crippen LogP contribution in [0.15, 0.2) is 120 Å². The number of pyridine rings is 1. The van der Waals surface area contributed by atoms with Crippen LogP contribution in [0, 0.1) is 6.92 Å². The summed E-state index contributed by atoms with van der Waals surface area (Å²) >= 11 is 3.01. The monoisotopic (exact) mass is 588 g/mol. The van der Waals surface area contributed by atoms with E-state index in [-0.39, 0.29) is 11.9 Å². The zero-order chi connectivity index (χ0) is 28.7. The molecule has 3 aromatic carbocycles. The molecule has 0 bridgehead atoms. The second kappa shape index (κ2) is 12.9. The number of nitrogens with one attached hydrogen (secondary N) is 1. The molecule has 1 atom stereocenters. The predicted molar refractivity (Wildman–Crippen MR) is 168 cm³/mol. The molecule has 0 spiro atoms. The minimum absolute atomic E-state index is 0.167. The van der Waals surface area contributed by atoms with Crippen LogP contribution in [0.2, 0.25) is 0 Å². The van der Waals surface area contributed by atoms with Crippen molar-refractivity contribution >= 4 is 29.0 Å². The Morgan fingerprint density at radius 1 is 0.929 bits per heavy atom. The van der Waals surface area contributed by atoms with E-state index in [0.717, 1.165) is 43.9 Å². The van der Waals surface area contributed by atoms with Gasteiger partial charge in [-0.3, -0.25) is 14.3 Å². The molecule has 208 valence electrons. The van der Waals surface area contributed by atoms with Gasteiger partial charge in [0.2, 0.25) is 0 Å². The van der Waals surface area contributed by atoms with Gasteiger partial charge in [0.15, 0.2) is 11.0 Å². The number of para-hydroxylation sites is 1. The van der Waals surface area contributed by atoms with Crippen LogP contribution in [0.25, 0.3) is 17.1 Å². The highest BCUT2D eigenvalue weighted by Crippen LogP contribution is 2.31. The van der Waals surface area contributed by atoms with Crippen molar-refractivity contribution in [3.8, 4) is 17.1 Å². The first-order chi connectivity index (χ1) is 20.7. The number of thiazole rings is 1. The molecule has 0 radical (unpaired) electrons. The van der Waals surface area contributed by atoms with E-state index in [1.807, 2.05) is 78.2 Å². The third kappa shape index (κ3) is 6.32. The van der Waals surface area contributed by atoms with Gasteiger partial charge in [-0.05, 0) is 48.2 Å². The van der Waals surface area contributed by atoms with Crippen LogP contribution in [-0.4, -0.2) is 30.6 Å². The Morgan fingerprint density at radius 2 is 1.69 bits per heavy atom. The molecule has 1 unspecified atom stereocenters. The number of hydrogen-bond acceptors (Lipinski definition) is 7. The molecule has 7 nitrogen and oxygen atoms in total. The molecule has 42 heavy (non-hydrogen) atoms. The maximum Gasteiger partial charge on any atom is 0.271 e.